The summed E-state index contributed by atoms with van der Waals surface area (Å²) in [6.45, 7) is 4.84. The highest BCUT2D eigenvalue weighted by Crippen LogP contribution is 2.23. The van der Waals surface area contributed by atoms with Crippen molar-refractivity contribution in [1.82, 2.24) is 10.3 Å². The molecule has 8 heteroatoms. The van der Waals surface area contributed by atoms with Gasteiger partial charge in [-0.25, -0.2) is 4.98 Å². The minimum Gasteiger partial charge on any atom is -0.466 e. The Morgan fingerprint density at radius 1 is 1.23 bits per heavy atom. The van der Waals surface area contributed by atoms with E-state index in [0.717, 1.165) is 10.1 Å². The van der Waals surface area contributed by atoms with Gasteiger partial charge in [-0.1, -0.05) is 29.5 Å². The van der Waals surface area contributed by atoms with E-state index in [4.69, 9.17) is 4.74 Å². The fourth-order valence-electron chi connectivity index (χ4n) is 1.97. The molecule has 0 aliphatic rings. The van der Waals surface area contributed by atoms with Crippen LogP contribution in [0.25, 0.3) is 0 Å². The summed E-state index contributed by atoms with van der Waals surface area (Å²) >= 11 is 4.54. The summed E-state index contributed by atoms with van der Waals surface area (Å²) in [6, 6.07) is 8.35. The van der Waals surface area contributed by atoms with E-state index in [0.29, 0.717) is 24.6 Å². The third-order valence-corrected chi connectivity index (χ3v) is 6.29. The third kappa shape index (κ3) is 7.80. The molecule has 0 bridgehead atoms. The Kier molecular flexibility index (Phi) is 9.00. The number of aryl methyl sites for hydroxylation is 1. The Labute approximate surface area is 166 Å². The number of carbonyl (C=O) groups excluding carboxylic acids is 2. The number of carbonyl (C=O) groups is 2. The van der Waals surface area contributed by atoms with E-state index in [1.165, 1.54) is 33.6 Å². The molecular formula is C18H22N2O3S3. The third-order valence-electron chi connectivity index (χ3n) is 3.20. The van der Waals surface area contributed by atoms with Crippen molar-refractivity contribution in [3.8, 4) is 0 Å². The van der Waals surface area contributed by atoms with Crippen LogP contribution < -0.4 is 5.32 Å². The van der Waals surface area contributed by atoms with Gasteiger partial charge in [0.2, 0.25) is 5.91 Å². The Morgan fingerprint density at radius 2 is 2.00 bits per heavy atom. The average molecular weight is 411 g/mol. The molecule has 0 atom stereocenters. The highest BCUT2D eigenvalue weighted by Gasteiger charge is 2.10. The van der Waals surface area contributed by atoms with Gasteiger partial charge in [0.1, 0.15) is 0 Å². The van der Waals surface area contributed by atoms with Gasteiger partial charge in [0.15, 0.2) is 4.34 Å². The molecule has 0 radical (unpaired) electrons. The molecule has 0 saturated heterocycles. The second kappa shape index (κ2) is 11.3. The normalized spacial score (nSPS) is 10.5. The van der Waals surface area contributed by atoms with E-state index in [1.54, 1.807) is 18.7 Å². The Hall–Kier alpha value is -1.51. The smallest absolute Gasteiger partial charge is 0.311 e. The summed E-state index contributed by atoms with van der Waals surface area (Å²) in [5.41, 5.74) is 1.93. The van der Waals surface area contributed by atoms with Gasteiger partial charge >= 0.3 is 5.97 Å². The van der Waals surface area contributed by atoms with Gasteiger partial charge in [-0.3, -0.25) is 9.59 Å². The maximum Gasteiger partial charge on any atom is 0.311 e. The van der Waals surface area contributed by atoms with E-state index in [9.17, 15) is 9.59 Å². The number of esters is 1. The van der Waals surface area contributed by atoms with E-state index in [1.807, 2.05) is 5.38 Å². The minimum absolute atomic E-state index is 0.0124. The number of thiazole rings is 1. The maximum absolute atomic E-state index is 11.9. The zero-order chi connectivity index (χ0) is 18.8. The number of aromatic nitrogens is 1. The number of thioether (sulfide) groups is 2. The molecule has 1 heterocycles. The van der Waals surface area contributed by atoms with Crippen LogP contribution in [0.4, 0.5) is 0 Å². The predicted molar refractivity (Wildman–Crippen MR) is 108 cm³/mol. The lowest BCUT2D eigenvalue weighted by Crippen LogP contribution is -2.27. The van der Waals surface area contributed by atoms with Crippen molar-refractivity contribution >= 4 is 46.7 Å². The van der Waals surface area contributed by atoms with Crippen molar-refractivity contribution in [2.45, 2.75) is 29.5 Å². The summed E-state index contributed by atoms with van der Waals surface area (Å²) in [4.78, 5) is 28.9. The molecule has 5 nitrogen and oxygen atoms in total. The van der Waals surface area contributed by atoms with Crippen LogP contribution in [0.3, 0.4) is 0 Å². The molecule has 0 aliphatic heterocycles. The van der Waals surface area contributed by atoms with E-state index in [-0.39, 0.29) is 18.3 Å². The monoisotopic (exact) mass is 410 g/mol. The van der Waals surface area contributed by atoms with Crippen molar-refractivity contribution in [2.24, 2.45) is 0 Å². The topological polar surface area (TPSA) is 68.3 Å². The van der Waals surface area contributed by atoms with Crippen LogP contribution in [-0.2, 0) is 20.7 Å². The van der Waals surface area contributed by atoms with Gasteiger partial charge in [-0.05, 0) is 26.0 Å². The average Bonchev–Trinajstić information content (AvgIpc) is 3.06. The quantitative estimate of drug-likeness (QED) is 0.367. The van der Waals surface area contributed by atoms with Crippen molar-refractivity contribution < 1.29 is 14.3 Å². The number of benzene rings is 1. The lowest BCUT2D eigenvalue weighted by Gasteiger charge is -2.05. The van der Waals surface area contributed by atoms with Crippen molar-refractivity contribution in [1.29, 1.82) is 0 Å². The summed E-state index contributed by atoms with van der Waals surface area (Å²) in [5, 5.41) is 4.74. The van der Waals surface area contributed by atoms with Gasteiger partial charge in [0.05, 0.1) is 24.5 Å². The molecule has 1 aromatic heterocycles. The Bertz CT molecular complexity index is 717. The van der Waals surface area contributed by atoms with Crippen molar-refractivity contribution in [3.05, 3.63) is 40.9 Å². The standard InChI is InChI=1S/C18H22N2O3S3/c1-3-23-17(22)10-14-11-25-18(20-14)26-12-16(21)19-8-9-24-15-6-4-13(2)5-7-15/h4-7,11H,3,8-10,12H2,1-2H3,(H,19,21). The van der Waals surface area contributed by atoms with Crippen LogP contribution in [0.2, 0.25) is 0 Å². The summed E-state index contributed by atoms with van der Waals surface area (Å²) in [6.07, 6.45) is 0.174. The van der Waals surface area contributed by atoms with Gasteiger partial charge in [-0.15, -0.1) is 23.1 Å². The van der Waals surface area contributed by atoms with Gasteiger partial charge in [-0.2, -0.15) is 0 Å². The van der Waals surface area contributed by atoms with Crippen LogP contribution in [0.1, 0.15) is 18.2 Å². The Balaban J connectivity index is 1.62. The van der Waals surface area contributed by atoms with Crippen LogP contribution in [0, 0.1) is 6.92 Å². The first-order chi connectivity index (χ1) is 12.6. The number of hydrogen-bond donors (Lipinski definition) is 1. The van der Waals surface area contributed by atoms with Gasteiger partial charge in [0, 0.05) is 22.6 Å². The predicted octanol–water partition coefficient (Wildman–Crippen LogP) is 3.56. The molecule has 0 saturated carbocycles. The lowest BCUT2D eigenvalue weighted by atomic mass is 10.2. The van der Waals surface area contributed by atoms with Crippen LogP contribution in [0.5, 0.6) is 0 Å². The molecular weight excluding hydrogens is 388 g/mol. The van der Waals surface area contributed by atoms with Crippen molar-refractivity contribution in [2.75, 3.05) is 24.7 Å². The summed E-state index contributed by atoms with van der Waals surface area (Å²) in [5.74, 6) is 0.863. The molecule has 1 aromatic carbocycles. The van der Waals surface area contributed by atoms with Gasteiger partial charge in [0.25, 0.3) is 0 Å². The molecule has 0 spiro atoms. The molecule has 1 N–H and O–H groups in total. The first kappa shape index (κ1) is 20.8. The van der Waals surface area contributed by atoms with Crippen LogP contribution >= 0.6 is 34.9 Å². The second-order valence-electron chi connectivity index (χ2n) is 5.39. The molecule has 0 aliphatic carbocycles. The number of ether oxygens (including phenoxy) is 1. The maximum atomic E-state index is 11.9. The summed E-state index contributed by atoms with van der Waals surface area (Å²) < 4.78 is 5.68. The lowest BCUT2D eigenvalue weighted by molar-refractivity contribution is -0.142. The molecule has 0 fully saturated rings. The van der Waals surface area contributed by atoms with E-state index >= 15 is 0 Å². The molecule has 140 valence electrons. The zero-order valence-electron chi connectivity index (χ0n) is 14.8. The first-order valence-corrected chi connectivity index (χ1v) is 11.1. The van der Waals surface area contributed by atoms with Crippen LogP contribution in [-0.4, -0.2) is 41.5 Å². The van der Waals surface area contributed by atoms with E-state index < -0.39 is 0 Å². The number of hydrogen-bond acceptors (Lipinski definition) is 7. The van der Waals surface area contributed by atoms with Crippen LogP contribution in [0.15, 0.2) is 38.9 Å². The molecule has 2 rings (SSSR count). The van der Waals surface area contributed by atoms with E-state index in [2.05, 4.69) is 41.5 Å². The fraction of sp³-hybridized carbons (Fsp3) is 0.389. The molecule has 26 heavy (non-hydrogen) atoms. The minimum atomic E-state index is -0.279. The van der Waals surface area contributed by atoms with Crippen molar-refractivity contribution in [3.63, 3.8) is 0 Å². The molecule has 0 unspecified atom stereocenters. The molecule has 2 aromatic rings. The fourth-order valence-corrected chi connectivity index (χ4v) is 4.41. The number of amides is 1. The number of nitrogens with one attached hydrogen (secondary N) is 1. The largest absolute Gasteiger partial charge is 0.466 e. The first-order valence-electron chi connectivity index (χ1n) is 8.26. The zero-order valence-corrected chi connectivity index (χ0v) is 17.3. The second-order valence-corrected chi connectivity index (χ2v) is 8.64. The Morgan fingerprint density at radius 3 is 2.73 bits per heavy atom. The molecule has 1 amide bonds. The highest BCUT2D eigenvalue weighted by molar-refractivity contribution is 8.01. The summed E-state index contributed by atoms with van der Waals surface area (Å²) in [7, 11) is 0. The SMILES string of the molecule is CCOC(=O)Cc1csc(SCC(=O)NCCSc2ccc(C)cc2)n1. The highest BCUT2D eigenvalue weighted by atomic mass is 32.2. The van der Waals surface area contributed by atoms with Gasteiger partial charge < -0.3 is 10.1 Å². The number of nitrogens with zero attached hydrogens (tertiary/aromatic N) is 1. The number of rotatable bonds is 10.